The first-order valence-corrected chi connectivity index (χ1v) is 6.04. The SMILES string of the molecule is CC(C)N(C)C(=O)C1CCCCC1CN. The largest absolute Gasteiger partial charge is 0.343 e. The molecule has 1 saturated carbocycles. The number of carbonyl (C=O) groups excluding carboxylic acids is 1. The summed E-state index contributed by atoms with van der Waals surface area (Å²) in [4.78, 5) is 14.0. The highest BCUT2D eigenvalue weighted by Crippen LogP contribution is 2.30. The summed E-state index contributed by atoms with van der Waals surface area (Å²) in [5.74, 6) is 0.878. The van der Waals surface area contributed by atoms with Crippen LogP contribution in [0.25, 0.3) is 0 Å². The van der Waals surface area contributed by atoms with Crippen molar-refractivity contribution in [2.45, 2.75) is 45.6 Å². The lowest BCUT2D eigenvalue weighted by Crippen LogP contribution is -2.43. The predicted octanol–water partition coefficient (Wildman–Crippen LogP) is 1.62. The summed E-state index contributed by atoms with van der Waals surface area (Å²) in [7, 11) is 1.90. The van der Waals surface area contributed by atoms with E-state index in [0.29, 0.717) is 18.4 Å². The summed E-state index contributed by atoms with van der Waals surface area (Å²) in [6.07, 6.45) is 4.56. The van der Waals surface area contributed by atoms with E-state index in [4.69, 9.17) is 5.73 Å². The summed E-state index contributed by atoms with van der Waals surface area (Å²) in [6, 6.07) is 0.290. The first kappa shape index (κ1) is 12.5. The predicted molar refractivity (Wildman–Crippen MR) is 62.4 cm³/mol. The van der Waals surface area contributed by atoms with Crippen LogP contribution in [0.15, 0.2) is 0 Å². The maximum Gasteiger partial charge on any atom is 0.225 e. The average molecular weight is 212 g/mol. The summed E-state index contributed by atoms with van der Waals surface area (Å²) in [6.45, 7) is 4.76. The van der Waals surface area contributed by atoms with Crippen LogP contribution in [-0.2, 0) is 4.79 Å². The molecule has 1 fully saturated rings. The number of nitrogens with two attached hydrogens (primary N) is 1. The van der Waals surface area contributed by atoms with Crippen LogP contribution < -0.4 is 5.73 Å². The van der Waals surface area contributed by atoms with Gasteiger partial charge in [0.15, 0.2) is 0 Å². The molecule has 0 saturated heterocycles. The molecule has 0 aromatic carbocycles. The second kappa shape index (κ2) is 5.50. The molecule has 0 aromatic heterocycles. The molecule has 3 nitrogen and oxygen atoms in total. The molecule has 15 heavy (non-hydrogen) atoms. The molecule has 0 aromatic rings. The highest BCUT2D eigenvalue weighted by molar-refractivity contribution is 5.79. The molecular formula is C12H24N2O. The van der Waals surface area contributed by atoms with Crippen molar-refractivity contribution in [1.82, 2.24) is 4.90 Å². The van der Waals surface area contributed by atoms with Gasteiger partial charge < -0.3 is 10.6 Å². The molecule has 1 rings (SSSR count). The molecule has 0 spiro atoms. The van der Waals surface area contributed by atoms with E-state index >= 15 is 0 Å². The Hall–Kier alpha value is -0.570. The lowest BCUT2D eigenvalue weighted by Gasteiger charge is -2.34. The van der Waals surface area contributed by atoms with Gasteiger partial charge in [0, 0.05) is 19.0 Å². The standard InChI is InChI=1S/C12H24N2O/c1-9(2)14(3)12(15)11-7-5-4-6-10(11)8-13/h9-11H,4-8,13H2,1-3H3. The second-order valence-electron chi connectivity index (χ2n) is 4.93. The van der Waals surface area contributed by atoms with E-state index in [-0.39, 0.29) is 12.0 Å². The third-order valence-corrected chi connectivity index (χ3v) is 3.65. The van der Waals surface area contributed by atoms with Crippen LogP contribution in [0.5, 0.6) is 0 Å². The minimum atomic E-state index is 0.177. The van der Waals surface area contributed by atoms with Crippen LogP contribution in [0, 0.1) is 11.8 Å². The smallest absolute Gasteiger partial charge is 0.225 e. The topological polar surface area (TPSA) is 46.3 Å². The van der Waals surface area contributed by atoms with Crippen LogP contribution in [0.3, 0.4) is 0 Å². The molecule has 2 unspecified atom stereocenters. The van der Waals surface area contributed by atoms with Gasteiger partial charge in [-0.15, -0.1) is 0 Å². The number of nitrogens with zero attached hydrogens (tertiary/aromatic N) is 1. The highest BCUT2D eigenvalue weighted by Gasteiger charge is 2.32. The van der Waals surface area contributed by atoms with Crippen LogP contribution in [-0.4, -0.2) is 30.4 Å². The van der Waals surface area contributed by atoms with Gasteiger partial charge in [-0.05, 0) is 39.2 Å². The van der Waals surface area contributed by atoms with E-state index in [2.05, 4.69) is 13.8 Å². The first-order chi connectivity index (χ1) is 7.07. The molecule has 88 valence electrons. The molecular weight excluding hydrogens is 188 g/mol. The monoisotopic (exact) mass is 212 g/mol. The van der Waals surface area contributed by atoms with Crippen molar-refractivity contribution in [3.05, 3.63) is 0 Å². The van der Waals surface area contributed by atoms with E-state index in [1.54, 1.807) is 0 Å². The average Bonchev–Trinajstić information content (AvgIpc) is 2.26. The van der Waals surface area contributed by atoms with E-state index in [0.717, 1.165) is 12.8 Å². The molecule has 1 aliphatic carbocycles. The quantitative estimate of drug-likeness (QED) is 0.772. The Morgan fingerprint density at radius 2 is 2.00 bits per heavy atom. The van der Waals surface area contributed by atoms with E-state index in [1.807, 2.05) is 11.9 Å². The summed E-state index contributed by atoms with van der Waals surface area (Å²) < 4.78 is 0. The molecule has 2 N–H and O–H groups in total. The van der Waals surface area contributed by atoms with Crippen LogP contribution in [0.4, 0.5) is 0 Å². The minimum Gasteiger partial charge on any atom is -0.343 e. The molecule has 2 atom stereocenters. The van der Waals surface area contributed by atoms with Gasteiger partial charge in [0.05, 0.1) is 0 Å². The van der Waals surface area contributed by atoms with E-state index in [9.17, 15) is 4.79 Å². The summed E-state index contributed by atoms with van der Waals surface area (Å²) in [5.41, 5.74) is 5.74. The van der Waals surface area contributed by atoms with Crippen LogP contribution in [0.2, 0.25) is 0 Å². The Labute approximate surface area is 93.0 Å². The third kappa shape index (κ3) is 2.94. The lowest BCUT2D eigenvalue weighted by atomic mass is 9.78. The van der Waals surface area contributed by atoms with Crippen molar-refractivity contribution >= 4 is 5.91 Å². The molecule has 3 heteroatoms. The maximum absolute atomic E-state index is 12.2. The van der Waals surface area contributed by atoms with E-state index < -0.39 is 0 Å². The number of hydrogen-bond donors (Lipinski definition) is 1. The van der Waals surface area contributed by atoms with Crippen molar-refractivity contribution in [2.24, 2.45) is 17.6 Å². The second-order valence-corrected chi connectivity index (χ2v) is 4.93. The summed E-state index contributed by atoms with van der Waals surface area (Å²) >= 11 is 0. The third-order valence-electron chi connectivity index (χ3n) is 3.65. The number of carbonyl (C=O) groups is 1. The Morgan fingerprint density at radius 3 is 2.53 bits per heavy atom. The first-order valence-electron chi connectivity index (χ1n) is 6.04. The zero-order valence-corrected chi connectivity index (χ0v) is 10.2. The Bertz CT molecular complexity index is 216. The fourth-order valence-electron chi connectivity index (χ4n) is 2.33. The number of hydrogen-bond acceptors (Lipinski definition) is 2. The van der Waals surface area contributed by atoms with Crippen molar-refractivity contribution in [3.8, 4) is 0 Å². The Morgan fingerprint density at radius 1 is 1.40 bits per heavy atom. The number of rotatable bonds is 3. The normalized spacial score (nSPS) is 26.7. The van der Waals surface area contributed by atoms with Crippen molar-refractivity contribution in [3.63, 3.8) is 0 Å². The minimum absolute atomic E-state index is 0.177. The van der Waals surface area contributed by atoms with Gasteiger partial charge in [-0.3, -0.25) is 4.79 Å². The summed E-state index contributed by atoms with van der Waals surface area (Å²) in [5, 5.41) is 0. The van der Waals surface area contributed by atoms with E-state index in [1.165, 1.54) is 12.8 Å². The number of amides is 1. The molecule has 0 heterocycles. The maximum atomic E-state index is 12.2. The van der Waals surface area contributed by atoms with Gasteiger partial charge in [-0.25, -0.2) is 0 Å². The van der Waals surface area contributed by atoms with Gasteiger partial charge in [0.25, 0.3) is 0 Å². The van der Waals surface area contributed by atoms with Gasteiger partial charge in [-0.2, -0.15) is 0 Å². The zero-order valence-electron chi connectivity index (χ0n) is 10.2. The fraction of sp³-hybridized carbons (Fsp3) is 0.917. The molecule has 0 bridgehead atoms. The molecule has 0 aliphatic heterocycles. The Kier molecular flexibility index (Phi) is 4.58. The zero-order chi connectivity index (χ0) is 11.4. The molecule has 0 radical (unpaired) electrons. The van der Waals surface area contributed by atoms with Crippen molar-refractivity contribution in [2.75, 3.05) is 13.6 Å². The molecule has 1 amide bonds. The highest BCUT2D eigenvalue weighted by atomic mass is 16.2. The van der Waals surface area contributed by atoms with Crippen LogP contribution >= 0.6 is 0 Å². The van der Waals surface area contributed by atoms with Crippen molar-refractivity contribution in [1.29, 1.82) is 0 Å². The van der Waals surface area contributed by atoms with Gasteiger partial charge in [-0.1, -0.05) is 12.8 Å². The van der Waals surface area contributed by atoms with Gasteiger partial charge in [0.1, 0.15) is 0 Å². The van der Waals surface area contributed by atoms with Gasteiger partial charge in [0.2, 0.25) is 5.91 Å². The molecule has 1 aliphatic rings. The fourth-order valence-corrected chi connectivity index (χ4v) is 2.33. The lowest BCUT2D eigenvalue weighted by molar-refractivity contribution is -0.138. The van der Waals surface area contributed by atoms with Crippen LogP contribution in [0.1, 0.15) is 39.5 Å². The van der Waals surface area contributed by atoms with Crippen molar-refractivity contribution < 1.29 is 4.79 Å². The Balaban J connectivity index is 2.63. The van der Waals surface area contributed by atoms with Gasteiger partial charge >= 0.3 is 0 Å².